The summed E-state index contributed by atoms with van der Waals surface area (Å²) in [5.74, 6) is -0.440. The molecule has 0 heterocycles. The zero-order valence-electron chi connectivity index (χ0n) is 34.8. The molecule has 0 unspecified atom stereocenters. The van der Waals surface area contributed by atoms with Crippen LogP contribution in [0.3, 0.4) is 0 Å². The largest absolute Gasteiger partial charge is 5.00 e. The summed E-state index contributed by atoms with van der Waals surface area (Å²) in [6, 6.07) is 16.6. The Hall–Kier alpha value is -3.56. The van der Waals surface area contributed by atoms with Gasteiger partial charge < -0.3 is 26.2 Å². The smallest absolute Gasteiger partial charge is 0.858 e. The summed E-state index contributed by atoms with van der Waals surface area (Å²) in [7, 11) is 10.5. The SMILES string of the molecule is C[N-]C.C[N-]C.C[N-]C.Cc1cc(C)c(C([O-])=Nc2ccc3c(c2-c2c(N=C([O-])c4c(C)cc(C)cc4C)ccc4c2CCCC4)CCCC3)c(C)c1.[Nb+5]. The molecule has 0 N–H and O–H groups in total. The van der Waals surface area contributed by atoms with Gasteiger partial charge in [0.15, 0.2) is 0 Å². The van der Waals surface area contributed by atoms with Gasteiger partial charge in [0.25, 0.3) is 0 Å². The zero-order valence-corrected chi connectivity index (χ0v) is 37.0. The van der Waals surface area contributed by atoms with Gasteiger partial charge in [-0.05, 0) is 172 Å². The average molecular weight is 808 g/mol. The molecule has 0 radical (unpaired) electrons. The van der Waals surface area contributed by atoms with Crippen LogP contribution < -0.4 is 10.2 Å². The second kappa shape index (κ2) is 22.7. The molecule has 0 fully saturated rings. The Morgan fingerprint density at radius 2 is 0.759 bits per heavy atom. The first-order valence-corrected chi connectivity index (χ1v) is 18.8. The molecule has 0 atom stereocenters. The molecular weight excluding hydrogens is 747 g/mol. The quantitative estimate of drug-likeness (QED) is 0.114. The topological polar surface area (TPSA) is 113 Å². The molecule has 8 heteroatoms. The Morgan fingerprint density at radius 1 is 0.481 bits per heavy atom. The number of aryl methyl sites for hydroxylation is 8. The van der Waals surface area contributed by atoms with Gasteiger partial charge in [0.05, 0.1) is 11.4 Å². The van der Waals surface area contributed by atoms with E-state index in [4.69, 9.17) is 9.98 Å². The fourth-order valence-electron chi connectivity index (χ4n) is 7.74. The van der Waals surface area contributed by atoms with Crippen molar-refractivity contribution in [1.82, 2.24) is 0 Å². The van der Waals surface area contributed by atoms with Gasteiger partial charge in [0.1, 0.15) is 0 Å². The minimum Gasteiger partial charge on any atom is -0.858 e. The minimum atomic E-state index is -0.220. The van der Waals surface area contributed by atoms with Crippen LogP contribution in [0, 0.1) is 41.5 Å². The van der Waals surface area contributed by atoms with Crippen LogP contribution in [0.4, 0.5) is 11.4 Å². The van der Waals surface area contributed by atoms with E-state index in [2.05, 4.69) is 66.2 Å². The Kier molecular flexibility index (Phi) is 19.6. The van der Waals surface area contributed by atoms with E-state index in [9.17, 15) is 10.2 Å². The summed E-state index contributed by atoms with van der Waals surface area (Å²) >= 11 is 0. The number of hydrogen-bond acceptors (Lipinski definition) is 4. The molecule has 2 aliphatic rings. The molecular formula is C46H60N5NbO2. The number of aliphatic imine (C=N–C) groups is 2. The van der Waals surface area contributed by atoms with Crippen molar-refractivity contribution in [2.24, 2.45) is 9.98 Å². The second-order valence-corrected chi connectivity index (χ2v) is 14.3. The second-order valence-electron chi connectivity index (χ2n) is 14.3. The van der Waals surface area contributed by atoms with Crippen molar-refractivity contribution in [1.29, 1.82) is 0 Å². The number of benzene rings is 4. The molecule has 0 saturated heterocycles. The van der Waals surface area contributed by atoms with E-state index >= 15 is 0 Å². The average Bonchev–Trinajstić information content (AvgIpc) is 3.08. The first-order valence-electron chi connectivity index (χ1n) is 18.8. The van der Waals surface area contributed by atoms with Crippen molar-refractivity contribution < 1.29 is 32.6 Å². The normalized spacial score (nSPS) is 13.4. The van der Waals surface area contributed by atoms with E-state index in [0.29, 0.717) is 22.5 Å². The van der Waals surface area contributed by atoms with Gasteiger partial charge >= 0.3 is 22.4 Å². The van der Waals surface area contributed by atoms with Crippen LogP contribution in [0.2, 0.25) is 0 Å². The third kappa shape index (κ3) is 11.7. The van der Waals surface area contributed by atoms with Crippen LogP contribution in [0.25, 0.3) is 27.1 Å². The van der Waals surface area contributed by atoms with Crippen LogP contribution in [-0.4, -0.2) is 54.1 Å². The molecule has 286 valence electrons. The predicted octanol–water partition coefficient (Wildman–Crippen LogP) is 9.70. The Bertz CT molecular complexity index is 1730. The molecule has 0 saturated carbocycles. The first-order chi connectivity index (χ1) is 25.4. The van der Waals surface area contributed by atoms with E-state index in [1.807, 2.05) is 39.8 Å². The monoisotopic (exact) mass is 807 g/mol. The first kappa shape index (κ1) is 46.6. The van der Waals surface area contributed by atoms with Gasteiger partial charge in [0, 0.05) is 11.1 Å². The van der Waals surface area contributed by atoms with E-state index in [0.717, 1.165) is 95.9 Å². The maximum atomic E-state index is 13.9. The molecule has 4 aromatic rings. The van der Waals surface area contributed by atoms with Gasteiger partial charge in [-0.1, -0.05) is 47.5 Å². The van der Waals surface area contributed by atoms with Crippen LogP contribution in [0.1, 0.15) is 92.4 Å². The summed E-state index contributed by atoms with van der Waals surface area (Å²) < 4.78 is 0. The Labute approximate surface area is 341 Å². The van der Waals surface area contributed by atoms with Gasteiger partial charge in [-0.3, -0.25) is 9.98 Å². The molecule has 2 aliphatic carbocycles. The molecule has 0 bridgehead atoms. The number of rotatable bonds is 5. The molecule has 0 spiro atoms. The van der Waals surface area contributed by atoms with Crippen molar-refractivity contribution in [3.63, 3.8) is 0 Å². The maximum absolute atomic E-state index is 13.9. The molecule has 0 amide bonds. The zero-order chi connectivity index (χ0) is 39.2. The summed E-state index contributed by atoms with van der Waals surface area (Å²) in [5, 5.41) is 38.3. The molecule has 54 heavy (non-hydrogen) atoms. The maximum Gasteiger partial charge on any atom is 5.00 e. The van der Waals surface area contributed by atoms with Crippen LogP contribution >= 0.6 is 0 Å². The van der Waals surface area contributed by atoms with Crippen molar-refractivity contribution in [3.05, 3.63) is 131 Å². The summed E-state index contributed by atoms with van der Waals surface area (Å²) in [4.78, 5) is 9.73. The van der Waals surface area contributed by atoms with Gasteiger partial charge in [-0.25, -0.2) is 0 Å². The van der Waals surface area contributed by atoms with Crippen molar-refractivity contribution in [3.8, 4) is 11.1 Å². The van der Waals surface area contributed by atoms with E-state index in [1.54, 1.807) is 42.3 Å². The Morgan fingerprint density at radius 3 is 1.06 bits per heavy atom. The fourth-order valence-corrected chi connectivity index (χ4v) is 7.74. The van der Waals surface area contributed by atoms with Gasteiger partial charge in [-0.2, -0.15) is 42.3 Å². The minimum absolute atomic E-state index is 0. The summed E-state index contributed by atoms with van der Waals surface area (Å²) in [6.07, 6.45) is 8.36. The van der Waals surface area contributed by atoms with E-state index in [-0.39, 0.29) is 34.2 Å². The van der Waals surface area contributed by atoms with Gasteiger partial charge in [-0.15, -0.1) is 0 Å². The summed E-state index contributed by atoms with van der Waals surface area (Å²) in [5.41, 5.74) is 15.9. The Balaban J connectivity index is 0.000000920. The molecule has 0 aliphatic heterocycles. The summed E-state index contributed by atoms with van der Waals surface area (Å²) in [6.45, 7) is 12.1. The predicted molar refractivity (Wildman–Crippen MR) is 224 cm³/mol. The fraction of sp³-hybridized carbons (Fsp3) is 0.435. The molecule has 0 aromatic heterocycles. The molecule has 4 aromatic carbocycles. The standard InChI is InChI=1S/C40H44N2O2.3C2H6N.Nb/c1-23-19-25(3)35(26(4)20-23)39(43)41-33-17-15-29-11-7-9-13-31(29)37(33)38-32-14-10-8-12-30(32)16-18-34(38)42-40(44)36-27(5)21-24(2)22-28(36)6;3*1-3-2;/h15-22H,7-14H2,1-6H3,(H,41,43)(H,42,44);3*1-2H3;/q;3*-1;+5/p-2. The molecule has 6 rings (SSSR count). The number of fused-ring (bicyclic) bond motifs is 2. The van der Waals surface area contributed by atoms with Crippen molar-refractivity contribution in [2.45, 2.75) is 92.9 Å². The van der Waals surface area contributed by atoms with E-state index < -0.39 is 0 Å². The third-order valence-corrected chi connectivity index (χ3v) is 9.50. The van der Waals surface area contributed by atoms with Crippen molar-refractivity contribution in [2.75, 3.05) is 42.3 Å². The van der Waals surface area contributed by atoms with Crippen molar-refractivity contribution >= 4 is 23.2 Å². The number of nitrogens with zero attached hydrogens (tertiary/aromatic N) is 5. The van der Waals surface area contributed by atoms with Crippen LogP contribution in [0.15, 0.2) is 58.5 Å². The van der Waals surface area contributed by atoms with E-state index in [1.165, 1.54) is 22.3 Å². The third-order valence-electron chi connectivity index (χ3n) is 9.50. The van der Waals surface area contributed by atoms with Gasteiger partial charge in [0.2, 0.25) is 0 Å². The number of hydrogen-bond donors (Lipinski definition) is 0. The molecule has 7 nitrogen and oxygen atoms in total. The van der Waals surface area contributed by atoms with Crippen LogP contribution in [-0.2, 0) is 48.1 Å². The van der Waals surface area contributed by atoms with Crippen LogP contribution in [0.5, 0.6) is 0 Å².